The van der Waals surface area contributed by atoms with E-state index in [0.29, 0.717) is 12.0 Å². The molecular formula is C18H35N3. The topological polar surface area (TPSA) is 53.1 Å². The average molecular weight is 293 g/mol. The van der Waals surface area contributed by atoms with Gasteiger partial charge in [-0.15, -0.1) is 0 Å². The van der Waals surface area contributed by atoms with E-state index in [2.05, 4.69) is 11.8 Å². The Morgan fingerprint density at radius 3 is 1.86 bits per heavy atom. The van der Waals surface area contributed by atoms with Crippen molar-refractivity contribution in [2.75, 3.05) is 6.54 Å². The lowest BCUT2D eigenvalue weighted by Crippen LogP contribution is -2.52. The van der Waals surface area contributed by atoms with Gasteiger partial charge < -0.3 is 10.6 Å². The number of nitrogens with one attached hydrogen (secondary N) is 1. The molecular weight excluding hydrogens is 258 g/mol. The number of rotatable bonds is 6. The second kappa shape index (κ2) is 8.65. The summed E-state index contributed by atoms with van der Waals surface area (Å²) in [6.07, 6.45) is 16.1. The normalized spacial score (nSPS) is 21.6. The summed E-state index contributed by atoms with van der Waals surface area (Å²) in [5, 5.41) is 8.10. The highest BCUT2D eigenvalue weighted by Crippen LogP contribution is 2.38. The van der Waals surface area contributed by atoms with Gasteiger partial charge in [0.2, 0.25) is 0 Å². The minimum atomic E-state index is 0.324. The number of hydrogen-bond acceptors (Lipinski definition) is 1. The minimum absolute atomic E-state index is 0.324. The first kappa shape index (κ1) is 16.6. The summed E-state index contributed by atoms with van der Waals surface area (Å²) < 4.78 is 0. The van der Waals surface area contributed by atoms with Crippen LogP contribution < -0.4 is 5.73 Å². The summed E-state index contributed by atoms with van der Waals surface area (Å²) in [4.78, 5) is 2.29. The number of guanidine groups is 1. The maximum Gasteiger partial charge on any atom is 0.188 e. The first-order valence-electron chi connectivity index (χ1n) is 9.34. The van der Waals surface area contributed by atoms with Crippen molar-refractivity contribution in [3.8, 4) is 0 Å². The molecule has 2 rings (SSSR count). The summed E-state index contributed by atoms with van der Waals surface area (Å²) in [6, 6.07) is 0.551. The van der Waals surface area contributed by atoms with E-state index in [0.717, 1.165) is 24.8 Å². The Kier molecular flexibility index (Phi) is 6.85. The zero-order valence-electron chi connectivity index (χ0n) is 13.9. The number of unbranched alkanes of at least 4 members (excludes halogenated alkanes) is 1. The van der Waals surface area contributed by atoms with E-state index in [1.165, 1.54) is 70.6 Å². The highest BCUT2D eigenvalue weighted by Gasteiger charge is 2.35. The van der Waals surface area contributed by atoms with Gasteiger partial charge in [-0.2, -0.15) is 0 Å². The van der Waals surface area contributed by atoms with Crippen molar-refractivity contribution in [1.82, 2.24) is 4.90 Å². The van der Waals surface area contributed by atoms with Crippen molar-refractivity contribution in [1.29, 1.82) is 5.41 Å². The Morgan fingerprint density at radius 1 is 1.00 bits per heavy atom. The van der Waals surface area contributed by atoms with Crippen molar-refractivity contribution in [3.05, 3.63) is 0 Å². The van der Waals surface area contributed by atoms with Crippen LogP contribution in [0.25, 0.3) is 0 Å². The molecule has 0 amide bonds. The number of hydrogen-bond donors (Lipinski definition) is 2. The molecule has 0 saturated heterocycles. The zero-order chi connectivity index (χ0) is 15.1. The molecule has 3 N–H and O–H groups in total. The van der Waals surface area contributed by atoms with Gasteiger partial charge in [0.1, 0.15) is 0 Å². The van der Waals surface area contributed by atoms with Gasteiger partial charge in [0, 0.05) is 12.6 Å². The predicted molar refractivity (Wildman–Crippen MR) is 90.5 cm³/mol. The second-order valence-corrected chi connectivity index (χ2v) is 7.22. The second-order valence-electron chi connectivity index (χ2n) is 7.22. The molecule has 0 unspecified atom stereocenters. The molecule has 3 nitrogen and oxygen atoms in total. The third-order valence-corrected chi connectivity index (χ3v) is 5.69. The minimum Gasteiger partial charge on any atom is -0.370 e. The first-order valence-corrected chi connectivity index (χ1v) is 9.34. The third-order valence-electron chi connectivity index (χ3n) is 5.69. The highest BCUT2D eigenvalue weighted by atomic mass is 15.3. The van der Waals surface area contributed by atoms with Gasteiger partial charge in [-0.05, 0) is 43.9 Å². The molecule has 0 aromatic rings. The van der Waals surface area contributed by atoms with Crippen molar-refractivity contribution >= 4 is 5.96 Å². The van der Waals surface area contributed by atoms with E-state index in [9.17, 15) is 0 Å². The summed E-state index contributed by atoms with van der Waals surface area (Å²) in [5.74, 6) is 1.88. The highest BCUT2D eigenvalue weighted by molar-refractivity contribution is 5.75. The fraction of sp³-hybridized carbons (Fsp3) is 0.944. The molecule has 0 bridgehead atoms. The van der Waals surface area contributed by atoms with Gasteiger partial charge >= 0.3 is 0 Å². The Balaban J connectivity index is 2.12. The van der Waals surface area contributed by atoms with Crippen LogP contribution in [0.2, 0.25) is 0 Å². The van der Waals surface area contributed by atoms with Crippen molar-refractivity contribution in [3.63, 3.8) is 0 Å². The quantitative estimate of drug-likeness (QED) is 0.559. The lowest BCUT2D eigenvalue weighted by atomic mass is 9.73. The molecule has 0 aromatic heterocycles. The summed E-state index contributed by atoms with van der Waals surface area (Å²) in [6.45, 7) is 3.22. The van der Waals surface area contributed by atoms with E-state index in [1.54, 1.807) is 0 Å². The lowest BCUT2D eigenvalue weighted by Gasteiger charge is -2.45. The molecule has 0 aliphatic heterocycles. The summed E-state index contributed by atoms with van der Waals surface area (Å²) in [5.41, 5.74) is 6.00. The molecule has 21 heavy (non-hydrogen) atoms. The van der Waals surface area contributed by atoms with Gasteiger partial charge in [-0.3, -0.25) is 5.41 Å². The van der Waals surface area contributed by atoms with Crippen LogP contribution in [-0.2, 0) is 0 Å². The van der Waals surface area contributed by atoms with E-state index in [4.69, 9.17) is 11.1 Å². The average Bonchev–Trinajstić information content (AvgIpc) is 2.53. The standard InChI is InChI=1S/C18H35N3/c1-2-3-14-21(18(19)20)17(15-10-6-4-7-11-15)16-12-8-5-9-13-16/h15-17H,2-14H2,1H3,(H3,19,20). The van der Waals surface area contributed by atoms with E-state index >= 15 is 0 Å². The molecule has 0 atom stereocenters. The van der Waals surface area contributed by atoms with Gasteiger partial charge in [0.25, 0.3) is 0 Å². The Morgan fingerprint density at radius 2 is 1.48 bits per heavy atom. The largest absolute Gasteiger partial charge is 0.370 e. The summed E-state index contributed by atoms with van der Waals surface area (Å²) >= 11 is 0. The SMILES string of the molecule is CCCCN(C(=N)N)C(C1CCCCC1)C1CCCCC1. The van der Waals surface area contributed by atoms with Crippen LogP contribution in [0.5, 0.6) is 0 Å². The van der Waals surface area contributed by atoms with Crippen LogP contribution in [-0.4, -0.2) is 23.4 Å². The van der Waals surface area contributed by atoms with Gasteiger partial charge in [-0.25, -0.2) is 0 Å². The fourth-order valence-electron chi connectivity index (χ4n) is 4.60. The third kappa shape index (κ3) is 4.62. The number of nitrogens with two attached hydrogens (primary N) is 1. The molecule has 0 spiro atoms. The Hall–Kier alpha value is -0.730. The molecule has 2 saturated carbocycles. The van der Waals surface area contributed by atoms with Crippen molar-refractivity contribution in [2.24, 2.45) is 17.6 Å². The monoisotopic (exact) mass is 293 g/mol. The van der Waals surface area contributed by atoms with Gasteiger partial charge in [0.05, 0.1) is 0 Å². The molecule has 122 valence electrons. The molecule has 2 fully saturated rings. The smallest absolute Gasteiger partial charge is 0.188 e. The zero-order valence-corrected chi connectivity index (χ0v) is 13.9. The summed E-state index contributed by atoms with van der Waals surface area (Å²) in [7, 11) is 0. The molecule has 0 aromatic carbocycles. The van der Waals surface area contributed by atoms with Crippen molar-refractivity contribution < 1.29 is 0 Å². The van der Waals surface area contributed by atoms with Gasteiger partial charge in [0.15, 0.2) is 5.96 Å². The van der Waals surface area contributed by atoms with Gasteiger partial charge in [-0.1, -0.05) is 51.9 Å². The molecule has 0 radical (unpaired) electrons. The molecule has 2 aliphatic rings. The van der Waals surface area contributed by atoms with E-state index in [1.807, 2.05) is 0 Å². The van der Waals surface area contributed by atoms with Crippen LogP contribution in [0.15, 0.2) is 0 Å². The fourth-order valence-corrected chi connectivity index (χ4v) is 4.60. The van der Waals surface area contributed by atoms with Crippen LogP contribution in [0.4, 0.5) is 0 Å². The van der Waals surface area contributed by atoms with Crippen molar-refractivity contribution in [2.45, 2.75) is 90.0 Å². The van der Waals surface area contributed by atoms with Crippen LogP contribution in [0.1, 0.15) is 84.0 Å². The first-order chi connectivity index (χ1) is 10.2. The lowest BCUT2D eigenvalue weighted by molar-refractivity contribution is 0.0998. The maximum absolute atomic E-state index is 8.10. The van der Waals surface area contributed by atoms with Crippen LogP contribution in [0, 0.1) is 17.2 Å². The van der Waals surface area contributed by atoms with E-state index < -0.39 is 0 Å². The molecule has 2 aliphatic carbocycles. The van der Waals surface area contributed by atoms with Crippen LogP contribution >= 0.6 is 0 Å². The number of nitrogens with zero attached hydrogens (tertiary/aromatic N) is 1. The maximum atomic E-state index is 8.10. The molecule has 3 heteroatoms. The predicted octanol–water partition coefficient (Wildman–Crippen LogP) is 4.51. The Labute approximate surface area is 131 Å². The molecule has 0 heterocycles. The Bertz CT molecular complexity index is 286. The van der Waals surface area contributed by atoms with Crippen LogP contribution in [0.3, 0.4) is 0 Å². The van der Waals surface area contributed by atoms with E-state index in [-0.39, 0.29) is 0 Å².